The van der Waals surface area contributed by atoms with Gasteiger partial charge in [-0.3, -0.25) is 0 Å². The fourth-order valence-electron chi connectivity index (χ4n) is 0.896. The Morgan fingerprint density at radius 2 is 1.74 bits per heavy atom. The molecule has 0 spiro atoms. The zero-order valence-electron chi connectivity index (χ0n) is 8.51. The van der Waals surface area contributed by atoms with Gasteiger partial charge < -0.3 is 15.3 Å². The molecule has 0 aliphatic heterocycles. The van der Waals surface area contributed by atoms with E-state index in [0.717, 1.165) is 0 Å². The summed E-state index contributed by atoms with van der Waals surface area (Å²) in [5.74, 6) is -2.69. The van der Waals surface area contributed by atoms with E-state index >= 15 is 0 Å². The summed E-state index contributed by atoms with van der Waals surface area (Å²) in [4.78, 5) is 11.6. The molecule has 2 aromatic rings. The molecule has 0 saturated heterocycles. The third-order valence-corrected chi connectivity index (χ3v) is 1.59. The van der Waals surface area contributed by atoms with Crippen molar-refractivity contribution in [1.29, 1.82) is 0 Å². The first-order chi connectivity index (χ1) is 9.13. The van der Waals surface area contributed by atoms with E-state index in [1.165, 1.54) is 0 Å². The van der Waals surface area contributed by atoms with Gasteiger partial charge in [-0.15, -0.1) is 4.86 Å². The molecule has 19 heavy (non-hydrogen) atoms. The minimum absolute atomic E-state index is 0.301. The summed E-state index contributed by atoms with van der Waals surface area (Å²) in [6.07, 6.45) is 0. The van der Waals surface area contributed by atoms with Crippen LogP contribution in [0.25, 0.3) is 10.4 Å². The predicted octanol–water partition coefficient (Wildman–Crippen LogP) is 1.23. The Labute approximate surface area is 100.0 Å². The number of hydrogen-bond donors (Lipinski definition) is 0. The molecule has 0 aliphatic rings. The summed E-state index contributed by atoms with van der Waals surface area (Å²) < 4.78 is 8.22. The Hall–Kier alpha value is -3.61. The predicted molar refractivity (Wildman–Crippen MR) is 49.4 cm³/mol. The molecule has 0 saturated carbocycles. The molecule has 96 valence electrons. The second-order valence-corrected chi connectivity index (χ2v) is 2.64. The van der Waals surface area contributed by atoms with E-state index in [0.29, 0.717) is 0 Å². The smallest absolute Gasteiger partial charge is 0.515 e. The Bertz CT molecular complexity index is 692. The van der Waals surface area contributed by atoms with Crippen molar-refractivity contribution in [2.24, 2.45) is 10.2 Å². The topological polar surface area (TPSA) is 208 Å². The van der Waals surface area contributed by atoms with Crippen molar-refractivity contribution >= 4 is 23.3 Å². The van der Waals surface area contributed by atoms with Crippen LogP contribution in [0.4, 0.5) is 23.3 Å². The Balaban J connectivity index is 2.43. The van der Waals surface area contributed by atoms with Crippen LogP contribution in [0.2, 0.25) is 0 Å². The SMILES string of the molecule is [N-]=[N+]=Nc1nonc1N=[N+]([O-])c1nonc1[N+](=O)[O-]. The number of rotatable bonds is 4. The van der Waals surface area contributed by atoms with Crippen LogP contribution in [0.15, 0.2) is 19.5 Å². The van der Waals surface area contributed by atoms with Crippen molar-refractivity contribution in [3.05, 3.63) is 25.8 Å². The Kier molecular flexibility index (Phi) is 2.94. The lowest BCUT2D eigenvalue weighted by atomic mass is 10.6. The minimum Gasteiger partial charge on any atom is -0.690 e. The molecule has 0 amide bonds. The highest BCUT2D eigenvalue weighted by atomic mass is 16.6. The molecular weight excluding hydrogens is 268 g/mol. The summed E-state index contributed by atoms with van der Waals surface area (Å²) in [6.45, 7) is 0. The molecule has 2 heterocycles. The van der Waals surface area contributed by atoms with Crippen LogP contribution in [-0.4, -0.2) is 30.4 Å². The van der Waals surface area contributed by atoms with Gasteiger partial charge in [0, 0.05) is 4.91 Å². The third kappa shape index (κ3) is 2.24. The monoisotopic (exact) mass is 268 g/mol. The number of nitrogens with zero attached hydrogens (tertiary/aromatic N) is 10. The van der Waals surface area contributed by atoms with Gasteiger partial charge >= 0.3 is 11.6 Å². The van der Waals surface area contributed by atoms with Gasteiger partial charge in [-0.25, -0.2) is 4.63 Å². The molecule has 0 atom stereocenters. The van der Waals surface area contributed by atoms with Crippen molar-refractivity contribution in [2.75, 3.05) is 0 Å². The van der Waals surface area contributed by atoms with Gasteiger partial charge in [0.1, 0.15) is 0 Å². The number of hydrogen-bond acceptors (Lipinski definition) is 11. The first-order valence-electron chi connectivity index (χ1n) is 4.17. The van der Waals surface area contributed by atoms with Gasteiger partial charge in [-0.1, -0.05) is 5.11 Å². The lowest BCUT2D eigenvalue weighted by Gasteiger charge is -1.96. The first-order valence-corrected chi connectivity index (χ1v) is 4.17. The zero-order chi connectivity index (χ0) is 13.8. The summed E-state index contributed by atoms with van der Waals surface area (Å²) in [7, 11) is 0. The number of azo groups is 1. The molecule has 2 aromatic heterocycles. The van der Waals surface area contributed by atoms with E-state index in [1.807, 2.05) is 0 Å². The van der Waals surface area contributed by atoms with Crippen molar-refractivity contribution in [1.82, 2.24) is 20.6 Å². The van der Waals surface area contributed by atoms with Crippen molar-refractivity contribution in [2.45, 2.75) is 0 Å². The van der Waals surface area contributed by atoms with Gasteiger partial charge in [-0.2, -0.15) is 0 Å². The largest absolute Gasteiger partial charge is 0.690 e. The second-order valence-electron chi connectivity index (χ2n) is 2.64. The normalized spacial score (nSPS) is 11.1. The van der Waals surface area contributed by atoms with E-state index in [9.17, 15) is 15.3 Å². The number of nitro groups is 1. The van der Waals surface area contributed by atoms with Crippen LogP contribution in [0.3, 0.4) is 0 Å². The highest BCUT2D eigenvalue weighted by Crippen LogP contribution is 2.27. The summed E-state index contributed by atoms with van der Waals surface area (Å²) in [5.41, 5.74) is 8.19. The molecule has 0 unspecified atom stereocenters. The average molecular weight is 268 g/mol. The van der Waals surface area contributed by atoms with E-state index < -0.39 is 28.2 Å². The molecule has 0 radical (unpaired) electrons. The van der Waals surface area contributed by atoms with Crippen LogP contribution in [0.5, 0.6) is 0 Å². The Morgan fingerprint density at radius 1 is 1.11 bits per heavy atom. The lowest BCUT2D eigenvalue weighted by molar-refractivity contribution is -0.459. The van der Waals surface area contributed by atoms with E-state index in [1.54, 1.807) is 0 Å². The van der Waals surface area contributed by atoms with Gasteiger partial charge in [-0.05, 0) is 30.5 Å². The minimum atomic E-state index is -0.998. The molecule has 2 rings (SSSR count). The number of aromatic nitrogens is 4. The maximum Gasteiger partial charge on any atom is 0.515 e. The third-order valence-electron chi connectivity index (χ3n) is 1.59. The lowest BCUT2D eigenvalue weighted by Crippen LogP contribution is -1.96. The van der Waals surface area contributed by atoms with Gasteiger partial charge in [0.05, 0.1) is 0 Å². The van der Waals surface area contributed by atoms with Crippen LogP contribution in [0.1, 0.15) is 0 Å². The first kappa shape index (κ1) is 11.9. The second kappa shape index (κ2) is 4.72. The molecule has 0 bridgehead atoms. The van der Waals surface area contributed by atoms with Crippen LogP contribution < -0.4 is 0 Å². The van der Waals surface area contributed by atoms with Crippen LogP contribution in [-0.2, 0) is 0 Å². The fourth-order valence-corrected chi connectivity index (χ4v) is 0.896. The molecule has 0 aliphatic carbocycles. The quantitative estimate of drug-likeness (QED) is 0.194. The van der Waals surface area contributed by atoms with Crippen molar-refractivity contribution in [3.63, 3.8) is 0 Å². The molecule has 0 fully saturated rings. The number of azide groups is 1. The van der Waals surface area contributed by atoms with Gasteiger partial charge in [0.25, 0.3) is 5.82 Å². The van der Waals surface area contributed by atoms with Gasteiger partial charge in [0.2, 0.25) is 16.1 Å². The molecule has 0 aromatic carbocycles. The molecule has 15 nitrogen and oxygen atoms in total. The van der Waals surface area contributed by atoms with Crippen LogP contribution >= 0.6 is 0 Å². The zero-order valence-corrected chi connectivity index (χ0v) is 8.51. The summed E-state index contributed by atoms with van der Waals surface area (Å²) in [5, 5.41) is 40.4. The van der Waals surface area contributed by atoms with E-state index in [4.69, 9.17) is 5.53 Å². The summed E-state index contributed by atoms with van der Waals surface area (Å²) in [6, 6.07) is 0. The van der Waals surface area contributed by atoms with E-state index in [2.05, 4.69) is 45.0 Å². The molecule has 0 N–H and O–H groups in total. The standard InChI is InChI=1S/C4N10O5/c5-12-6-1-2(9-18-8-1)7-13(15)3-4(14(16)17)11-19-10-3. The highest BCUT2D eigenvalue weighted by molar-refractivity contribution is 5.47. The Morgan fingerprint density at radius 3 is 2.42 bits per heavy atom. The van der Waals surface area contributed by atoms with Crippen LogP contribution in [0, 0.1) is 15.3 Å². The highest BCUT2D eigenvalue weighted by Gasteiger charge is 2.33. The van der Waals surface area contributed by atoms with Gasteiger partial charge in [0.15, 0.2) is 0 Å². The summed E-state index contributed by atoms with van der Waals surface area (Å²) >= 11 is 0. The maximum absolute atomic E-state index is 11.5. The van der Waals surface area contributed by atoms with Crippen molar-refractivity contribution in [3.8, 4) is 0 Å². The maximum atomic E-state index is 11.5. The average Bonchev–Trinajstić information content (AvgIpc) is 2.98. The fraction of sp³-hybridized carbons (Fsp3) is 0. The molecule has 15 heteroatoms. The van der Waals surface area contributed by atoms with Crippen molar-refractivity contribution < 1.29 is 19.0 Å². The molecular formula is C4N10O5. The van der Waals surface area contributed by atoms with E-state index in [-0.39, 0.29) is 4.86 Å².